The maximum Gasteiger partial charge on any atom is 0.298 e. The third kappa shape index (κ3) is 4.24. The van der Waals surface area contributed by atoms with Gasteiger partial charge in [-0.3, -0.25) is 4.72 Å². The van der Waals surface area contributed by atoms with Crippen LogP contribution in [-0.4, -0.2) is 22.0 Å². The lowest BCUT2D eigenvalue weighted by molar-refractivity contribution is 0.593. The van der Waals surface area contributed by atoms with Gasteiger partial charge in [-0.1, -0.05) is 23.4 Å². The number of halogens is 1. The van der Waals surface area contributed by atoms with Crippen molar-refractivity contribution in [2.24, 2.45) is 5.73 Å². The van der Waals surface area contributed by atoms with Gasteiger partial charge < -0.3 is 5.73 Å². The maximum absolute atomic E-state index is 11.4. The third-order valence-electron chi connectivity index (χ3n) is 1.82. The van der Waals surface area contributed by atoms with Crippen LogP contribution in [-0.2, 0) is 10.2 Å². The highest BCUT2D eigenvalue weighted by Gasteiger charge is 2.09. The smallest absolute Gasteiger partial charge is 0.298 e. The summed E-state index contributed by atoms with van der Waals surface area (Å²) in [6.45, 7) is 0.185. The summed E-state index contributed by atoms with van der Waals surface area (Å²) in [4.78, 5) is 0. The Hall–Kier alpha value is -1.26. The summed E-state index contributed by atoms with van der Waals surface area (Å²) in [5, 5.41) is 0.471. The van der Waals surface area contributed by atoms with E-state index in [0.717, 1.165) is 0 Å². The molecule has 0 saturated heterocycles. The summed E-state index contributed by atoms with van der Waals surface area (Å²) in [7, 11) is -2.27. The summed E-state index contributed by atoms with van der Waals surface area (Å²) in [6.07, 6.45) is 0. The zero-order chi connectivity index (χ0) is 12.9. The van der Waals surface area contributed by atoms with Crippen LogP contribution in [0.2, 0.25) is 5.02 Å². The molecular weight excluding hydrogens is 262 g/mol. The molecule has 0 unspecified atom stereocenters. The number of anilines is 1. The van der Waals surface area contributed by atoms with Crippen molar-refractivity contribution in [1.29, 1.82) is 0 Å². The van der Waals surface area contributed by atoms with Gasteiger partial charge >= 0.3 is 0 Å². The molecule has 92 valence electrons. The number of hydrogen-bond donors (Lipinski definition) is 3. The van der Waals surface area contributed by atoms with Gasteiger partial charge in [-0.2, -0.15) is 8.42 Å². The van der Waals surface area contributed by atoms with Crippen LogP contribution in [0.5, 0.6) is 0 Å². The average Bonchev–Trinajstić information content (AvgIpc) is 2.29. The molecule has 1 aromatic carbocycles. The minimum Gasteiger partial charge on any atom is -0.320 e. The minimum absolute atomic E-state index is 0.185. The molecule has 17 heavy (non-hydrogen) atoms. The SMILES string of the molecule is CNS(=O)(=O)Nc1ccc(Cl)cc1C#CCN. The van der Waals surface area contributed by atoms with E-state index in [2.05, 4.69) is 21.3 Å². The summed E-state index contributed by atoms with van der Waals surface area (Å²) in [5.74, 6) is 5.39. The van der Waals surface area contributed by atoms with Gasteiger partial charge in [-0.25, -0.2) is 4.72 Å². The first kappa shape index (κ1) is 13.8. The number of rotatable bonds is 3. The molecule has 0 aliphatic heterocycles. The van der Waals surface area contributed by atoms with Crippen molar-refractivity contribution in [3.05, 3.63) is 28.8 Å². The highest BCUT2D eigenvalue weighted by Crippen LogP contribution is 2.20. The van der Waals surface area contributed by atoms with Crippen molar-refractivity contribution in [2.45, 2.75) is 0 Å². The summed E-state index contributed by atoms with van der Waals surface area (Å²) in [6, 6.07) is 4.68. The van der Waals surface area contributed by atoms with Gasteiger partial charge in [-0.15, -0.1) is 0 Å². The molecule has 0 spiro atoms. The van der Waals surface area contributed by atoms with Crippen LogP contribution in [0.25, 0.3) is 0 Å². The molecule has 5 nitrogen and oxygen atoms in total. The second-order valence-electron chi connectivity index (χ2n) is 3.01. The fraction of sp³-hybridized carbons (Fsp3) is 0.200. The molecule has 1 aromatic rings. The third-order valence-corrected chi connectivity index (χ3v) is 3.08. The molecule has 0 radical (unpaired) electrons. The van der Waals surface area contributed by atoms with Crippen LogP contribution in [0.4, 0.5) is 5.69 Å². The second kappa shape index (κ2) is 5.89. The van der Waals surface area contributed by atoms with Gasteiger partial charge in [0.15, 0.2) is 0 Å². The zero-order valence-corrected chi connectivity index (χ0v) is 10.7. The predicted molar refractivity (Wildman–Crippen MR) is 69.0 cm³/mol. The van der Waals surface area contributed by atoms with E-state index in [1.54, 1.807) is 12.1 Å². The number of nitrogens with two attached hydrogens (primary N) is 1. The number of benzene rings is 1. The highest BCUT2D eigenvalue weighted by molar-refractivity contribution is 7.90. The fourth-order valence-electron chi connectivity index (χ4n) is 1.05. The molecule has 0 amide bonds. The van der Waals surface area contributed by atoms with Gasteiger partial charge in [0, 0.05) is 12.1 Å². The van der Waals surface area contributed by atoms with Gasteiger partial charge in [0.2, 0.25) is 0 Å². The average molecular weight is 274 g/mol. The Morgan fingerprint density at radius 2 is 2.18 bits per heavy atom. The first-order valence-electron chi connectivity index (χ1n) is 4.68. The van der Waals surface area contributed by atoms with E-state index in [0.29, 0.717) is 16.3 Å². The first-order chi connectivity index (χ1) is 7.98. The summed E-state index contributed by atoms with van der Waals surface area (Å²) in [5.41, 5.74) is 6.09. The van der Waals surface area contributed by atoms with E-state index >= 15 is 0 Å². The predicted octanol–water partition coefficient (Wildman–Crippen LogP) is 0.526. The van der Waals surface area contributed by atoms with E-state index in [4.69, 9.17) is 17.3 Å². The van der Waals surface area contributed by atoms with E-state index in [1.807, 2.05) is 0 Å². The Balaban J connectivity index is 3.15. The fourth-order valence-corrected chi connectivity index (χ4v) is 1.79. The van der Waals surface area contributed by atoms with Crippen LogP contribution < -0.4 is 15.2 Å². The molecular formula is C10H12ClN3O2S. The van der Waals surface area contributed by atoms with Gasteiger partial charge in [0.1, 0.15) is 0 Å². The molecule has 4 N–H and O–H groups in total. The molecule has 0 aromatic heterocycles. The van der Waals surface area contributed by atoms with Crippen LogP contribution in [0.1, 0.15) is 5.56 Å². The molecule has 7 heteroatoms. The van der Waals surface area contributed by atoms with Crippen LogP contribution in [0.3, 0.4) is 0 Å². The lowest BCUT2D eigenvalue weighted by Crippen LogP contribution is -2.26. The molecule has 0 fully saturated rings. The van der Waals surface area contributed by atoms with Crippen LogP contribution in [0, 0.1) is 11.8 Å². The van der Waals surface area contributed by atoms with Crippen molar-refractivity contribution < 1.29 is 8.42 Å². The van der Waals surface area contributed by atoms with E-state index in [1.165, 1.54) is 13.1 Å². The van der Waals surface area contributed by atoms with Gasteiger partial charge in [0.05, 0.1) is 17.8 Å². The van der Waals surface area contributed by atoms with Crippen molar-refractivity contribution >= 4 is 27.5 Å². The monoisotopic (exact) mass is 273 g/mol. The lowest BCUT2D eigenvalue weighted by Gasteiger charge is -2.08. The quantitative estimate of drug-likeness (QED) is 0.702. The minimum atomic E-state index is -3.58. The topological polar surface area (TPSA) is 84.2 Å². The van der Waals surface area contributed by atoms with Crippen molar-refractivity contribution in [3.63, 3.8) is 0 Å². The number of nitrogens with one attached hydrogen (secondary N) is 2. The lowest BCUT2D eigenvalue weighted by atomic mass is 10.2. The van der Waals surface area contributed by atoms with Crippen molar-refractivity contribution in [1.82, 2.24) is 4.72 Å². The Morgan fingerprint density at radius 1 is 1.47 bits per heavy atom. The maximum atomic E-state index is 11.4. The van der Waals surface area contributed by atoms with Gasteiger partial charge in [-0.05, 0) is 18.2 Å². The normalized spacial score (nSPS) is 10.5. The molecule has 1 rings (SSSR count). The standard InChI is InChI=1S/C10H12ClN3O2S/c1-13-17(15,16)14-10-5-4-9(11)7-8(10)3-2-6-12/h4-5,7,13-14H,6,12H2,1H3. The largest absolute Gasteiger partial charge is 0.320 e. The van der Waals surface area contributed by atoms with E-state index < -0.39 is 10.2 Å². The van der Waals surface area contributed by atoms with Crippen molar-refractivity contribution in [2.75, 3.05) is 18.3 Å². The second-order valence-corrected chi connectivity index (χ2v) is 5.06. The summed E-state index contributed by atoms with van der Waals surface area (Å²) < 4.78 is 27.2. The van der Waals surface area contributed by atoms with Gasteiger partial charge in [0.25, 0.3) is 10.2 Å². The molecule has 0 atom stereocenters. The molecule has 0 aliphatic rings. The first-order valence-corrected chi connectivity index (χ1v) is 6.54. The van der Waals surface area contributed by atoms with Crippen LogP contribution in [0.15, 0.2) is 18.2 Å². The van der Waals surface area contributed by atoms with Crippen LogP contribution >= 0.6 is 11.6 Å². The van der Waals surface area contributed by atoms with E-state index in [9.17, 15) is 8.42 Å². The number of hydrogen-bond acceptors (Lipinski definition) is 3. The Bertz CT molecular complexity index is 561. The Kier molecular flexibility index (Phi) is 4.78. The highest BCUT2D eigenvalue weighted by atomic mass is 35.5. The molecule has 0 aliphatic carbocycles. The molecule has 0 bridgehead atoms. The molecule has 0 saturated carbocycles. The van der Waals surface area contributed by atoms with E-state index in [-0.39, 0.29) is 6.54 Å². The Labute approximate surface area is 106 Å². The molecule has 0 heterocycles. The summed E-state index contributed by atoms with van der Waals surface area (Å²) >= 11 is 5.81. The Morgan fingerprint density at radius 3 is 2.76 bits per heavy atom. The zero-order valence-electron chi connectivity index (χ0n) is 9.12. The van der Waals surface area contributed by atoms with Crippen molar-refractivity contribution in [3.8, 4) is 11.8 Å².